The summed E-state index contributed by atoms with van der Waals surface area (Å²) in [7, 11) is 0. The van der Waals surface area contributed by atoms with Crippen molar-refractivity contribution in [1.82, 2.24) is 10.3 Å². The van der Waals surface area contributed by atoms with E-state index in [1.807, 2.05) is 13.0 Å². The van der Waals surface area contributed by atoms with Crippen molar-refractivity contribution >= 4 is 23.2 Å². The molecule has 2 aromatic heterocycles. The molecule has 100 valence electrons. The van der Waals surface area contributed by atoms with E-state index in [0.29, 0.717) is 10.8 Å². The molecule has 2 N–H and O–H groups in total. The second-order valence-electron chi connectivity index (χ2n) is 3.98. The lowest BCUT2D eigenvalue weighted by molar-refractivity contribution is -0.138. The van der Waals surface area contributed by atoms with Crippen LogP contribution in [0.3, 0.4) is 0 Å². The first-order valence-electron chi connectivity index (χ1n) is 5.53. The van der Waals surface area contributed by atoms with E-state index in [9.17, 15) is 9.59 Å². The van der Waals surface area contributed by atoms with Crippen LogP contribution in [0.2, 0.25) is 0 Å². The SMILES string of the molecule is Cc1ccc(-c2nc(C(=O)N[C@@H](C)C(=O)O)cs2)o1. The lowest BCUT2D eigenvalue weighted by atomic mass is 10.3. The van der Waals surface area contributed by atoms with E-state index in [4.69, 9.17) is 9.52 Å². The number of aromatic nitrogens is 1. The molecule has 0 spiro atoms. The lowest BCUT2D eigenvalue weighted by Crippen LogP contribution is -2.38. The lowest BCUT2D eigenvalue weighted by Gasteiger charge is -2.06. The maximum Gasteiger partial charge on any atom is 0.325 e. The average Bonchev–Trinajstić information content (AvgIpc) is 2.96. The van der Waals surface area contributed by atoms with E-state index < -0.39 is 17.9 Å². The summed E-state index contributed by atoms with van der Waals surface area (Å²) >= 11 is 1.27. The van der Waals surface area contributed by atoms with Crippen molar-refractivity contribution in [3.05, 3.63) is 29.0 Å². The molecular weight excluding hydrogens is 268 g/mol. The van der Waals surface area contributed by atoms with E-state index in [-0.39, 0.29) is 5.69 Å². The van der Waals surface area contributed by atoms with Gasteiger partial charge in [0.25, 0.3) is 5.91 Å². The molecule has 0 radical (unpaired) electrons. The van der Waals surface area contributed by atoms with Crippen LogP contribution >= 0.6 is 11.3 Å². The Kier molecular flexibility index (Phi) is 3.66. The maximum atomic E-state index is 11.7. The van der Waals surface area contributed by atoms with Crippen molar-refractivity contribution in [2.75, 3.05) is 0 Å². The highest BCUT2D eigenvalue weighted by atomic mass is 32.1. The Morgan fingerprint density at radius 2 is 2.21 bits per heavy atom. The molecule has 0 aliphatic heterocycles. The molecule has 0 fully saturated rings. The van der Waals surface area contributed by atoms with Crippen molar-refractivity contribution in [2.45, 2.75) is 19.9 Å². The van der Waals surface area contributed by atoms with E-state index in [0.717, 1.165) is 5.76 Å². The monoisotopic (exact) mass is 280 g/mol. The third-order valence-electron chi connectivity index (χ3n) is 2.41. The van der Waals surface area contributed by atoms with E-state index in [1.165, 1.54) is 18.3 Å². The second-order valence-corrected chi connectivity index (χ2v) is 4.84. The molecule has 2 heterocycles. The van der Waals surface area contributed by atoms with E-state index in [2.05, 4.69) is 10.3 Å². The van der Waals surface area contributed by atoms with Gasteiger partial charge in [-0.15, -0.1) is 11.3 Å². The molecule has 0 aliphatic rings. The highest BCUT2D eigenvalue weighted by molar-refractivity contribution is 7.13. The van der Waals surface area contributed by atoms with Crippen LogP contribution in [0.25, 0.3) is 10.8 Å². The molecule has 0 bridgehead atoms. The Hall–Kier alpha value is -2.15. The summed E-state index contributed by atoms with van der Waals surface area (Å²) in [5.74, 6) is -0.255. The number of aryl methyl sites for hydroxylation is 1. The minimum atomic E-state index is -1.09. The summed E-state index contributed by atoms with van der Waals surface area (Å²) in [4.78, 5) is 26.5. The summed E-state index contributed by atoms with van der Waals surface area (Å²) in [5, 5.41) is 13.2. The van der Waals surface area contributed by atoms with Crippen LogP contribution in [-0.2, 0) is 4.79 Å². The quantitative estimate of drug-likeness (QED) is 0.892. The van der Waals surface area contributed by atoms with Gasteiger partial charge in [-0.3, -0.25) is 9.59 Å². The number of amides is 1. The number of carbonyl (C=O) groups is 2. The highest BCUT2D eigenvalue weighted by Gasteiger charge is 2.18. The summed E-state index contributed by atoms with van der Waals surface area (Å²) < 4.78 is 5.40. The predicted molar refractivity (Wildman–Crippen MR) is 69.1 cm³/mol. The van der Waals surface area contributed by atoms with Crippen molar-refractivity contribution in [3.8, 4) is 10.8 Å². The van der Waals surface area contributed by atoms with Crippen LogP contribution in [0.15, 0.2) is 21.9 Å². The Morgan fingerprint density at radius 3 is 2.79 bits per heavy atom. The first-order valence-corrected chi connectivity index (χ1v) is 6.41. The Morgan fingerprint density at radius 1 is 1.47 bits per heavy atom. The molecule has 0 aromatic carbocycles. The molecule has 0 unspecified atom stereocenters. The molecule has 1 atom stereocenters. The molecule has 2 rings (SSSR count). The number of carboxylic acid groups (broad SMARTS) is 1. The zero-order valence-electron chi connectivity index (χ0n) is 10.3. The molecule has 0 aliphatic carbocycles. The average molecular weight is 280 g/mol. The van der Waals surface area contributed by atoms with Crippen LogP contribution in [-0.4, -0.2) is 28.0 Å². The first-order chi connectivity index (χ1) is 8.97. The second kappa shape index (κ2) is 5.23. The zero-order valence-corrected chi connectivity index (χ0v) is 11.2. The summed E-state index contributed by atoms with van der Waals surface area (Å²) in [5.41, 5.74) is 0.183. The Balaban J connectivity index is 2.13. The number of thiazole rings is 1. The molecule has 6 nitrogen and oxygen atoms in total. The number of hydrogen-bond donors (Lipinski definition) is 2. The fraction of sp³-hybridized carbons (Fsp3) is 0.250. The largest absolute Gasteiger partial charge is 0.480 e. The Bertz CT molecular complexity index is 617. The molecule has 2 aromatic rings. The van der Waals surface area contributed by atoms with Gasteiger partial charge in [-0.05, 0) is 26.0 Å². The number of nitrogens with zero attached hydrogens (tertiary/aromatic N) is 1. The fourth-order valence-corrected chi connectivity index (χ4v) is 2.13. The fourth-order valence-electron chi connectivity index (χ4n) is 1.37. The van der Waals surface area contributed by atoms with Gasteiger partial charge in [-0.1, -0.05) is 0 Å². The van der Waals surface area contributed by atoms with Gasteiger partial charge in [-0.2, -0.15) is 0 Å². The van der Waals surface area contributed by atoms with E-state index >= 15 is 0 Å². The number of aliphatic carboxylic acids is 1. The smallest absolute Gasteiger partial charge is 0.325 e. The summed E-state index contributed by atoms with van der Waals surface area (Å²) in [6, 6.07) is 2.63. The Labute approximate surface area is 113 Å². The van der Waals surface area contributed by atoms with Crippen LogP contribution < -0.4 is 5.32 Å². The third-order valence-corrected chi connectivity index (χ3v) is 3.26. The zero-order chi connectivity index (χ0) is 14.0. The predicted octanol–water partition coefficient (Wildman–Crippen LogP) is 1.91. The van der Waals surface area contributed by atoms with Crippen LogP contribution in [0.1, 0.15) is 23.2 Å². The number of furan rings is 1. The topological polar surface area (TPSA) is 92.4 Å². The van der Waals surface area contributed by atoms with Gasteiger partial charge >= 0.3 is 5.97 Å². The minimum absolute atomic E-state index is 0.183. The molecule has 19 heavy (non-hydrogen) atoms. The van der Waals surface area contributed by atoms with Gasteiger partial charge in [0.2, 0.25) is 0 Å². The van der Waals surface area contributed by atoms with Crippen molar-refractivity contribution in [2.24, 2.45) is 0 Å². The normalized spacial score (nSPS) is 12.1. The molecule has 0 saturated heterocycles. The van der Waals surface area contributed by atoms with E-state index in [1.54, 1.807) is 11.4 Å². The van der Waals surface area contributed by atoms with Gasteiger partial charge in [0.15, 0.2) is 10.8 Å². The van der Waals surface area contributed by atoms with Crippen molar-refractivity contribution in [1.29, 1.82) is 0 Å². The number of hydrogen-bond acceptors (Lipinski definition) is 5. The van der Waals surface area contributed by atoms with Crippen LogP contribution in [0, 0.1) is 6.92 Å². The molecular formula is C12H12N2O4S. The van der Waals surface area contributed by atoms with Gasteiger partial charge in [-0.25, -0.2) is 4.98 Å². The van der Waals surface area contributed by atoms with Gasteiger partial charge < -0.3 is 14.8 Å². The first kappa shape index (κ1) is 13.3. The van der Waals surface area contributed by atoms with Gasteiger partial charge in [0.05, 0.1) is 0 Å². The third kappa shape index (κ3) is 3.00. The van der Waals surface area contributed by atoms with Crippen molar-refractivity contribution in [3.63, 3.8) is 0 Å². The van der Waals surface area contributed by atoms with Gasteiger partial charge in [0, 0.05) is 5.38 Å². The van der Waals surface area contributed by atoms with Crippen LogP contribution in [0.4, 0.5) is 0 Å². The minimum Gasteiger partial charge on any atom is -0.480 e. The highest BCUT2D eigenvalue weighted by Crippen LogP contribution is 2.25. The molecule has 1 amide bonds. The standard InChI is InChI=1S/C12H12N2O4S/c1-6-3-4-9(18-6)11-14-8(5-19-11)10(15)13-7(2)12(16)17/h3-5,7H,1-2H3,(H,13,15)(H,16,17)/t7-/m0/s1. The number of nitrogens with one attached hydrogen (secondary N) is 1. The summed E-state index contributed by atoms with van der Waals surface area (Å²) in [6.07, 6.45) is 0. The van der Waals surface area contributed by atoms with Crippen molar-refractivity contribution < 1.29 is 19.1 Å². The number of carbonyl (C=O) groups excluding carboxylic acids is 1. The molecule has 0 saturated carbocycles. The number of carboxylic acids is 1. The van der Waals surface area contributed by atoms with Crippen LogP contribution in [0.5, 0.6) is 0 Å². The molecule has 7 heteroatoms. The number of rotatable bonds is 4. The summed E-state index contributed by atoms with van der Waals surface area (Å²) in [6.45, 7) is 3.21. The van der Waals surface area contributed by atoms with Gasteiger partial charge in [0.1, 0.15) is 17.5 Å². The maximum absolute atomic E-state index is 11.7.